The molecule has 1 unspecified atom stereocenters. The summed E-state index contributed by atoms with van der Waals surface area (Å²) in [5, 5.41) is 11.1. The van der Waals surface area contributed by atoms with Gasteiger partial charge in [-0.15, -0.1) is 0 Å². The summed E-state index contributed by atoms with van der Waals surface area (Å²) in [6.45, 7) is 1.57. The number of carboxylic acid groups (broad SMARTS) is 1. The molecular formula is C12H17F3N2O3. The number of alkyl halides is 3. The minimum Gasteiger partial charge on any atom is -0.481 e. The van der Waals surface area contributed by atoms with Gasteiger partial charge < -0.3 is 15.3 Å². The van der Waals surface area contributed by atoms with Crippen LogP contribution in [0.5, 0.6) is 0 Å². The summed E-state index contributed by atoms with van der Waals surface area (Å²) in [5.41, 5.74) is -0.611. The van der Waals surface area contributed by atoms with Crippen molar-refractivity contribution in [3.63, 3.8) is 0 Å². The molecule has 0 bridgehead atoms. The van der Waals surface area contributed by atoms with Gasteiger partial charge in [0.05, 0.1) is 0 Å². The van der Waals surface area contributed by atoms with E-state index in [0.717, 1.165) is 6.08 Å². The van der Waals surface area contributed by atoms with E-state index in [9.17, 15) is 22.8 Å². The normalized spacial score (nSPS) is 17.4. The fraction of sp³-hybridized carbons (Fsp3) is 0.667. The third-order valence-electron chi connectivity index (χ3n) is 3.02. The van der Waals surface area contributed by atoms with Crippen LogP contribution in [0.2, 0.25) is 0 Å². The van der Waals surface area contributed by atoms with Crippen molar-refractivity contribution in [2.24, 2.45) is 0 Å². The number of hydrogen-bond donors (Lipinski definition) is 2. The first-order valence-electron chi connectivity index (χ1n) is 6.23. The van der Waals surface area contributed by atoms with E-state index >= 15 is 0 Å². The van der Waals surface area contributed by atoms with Gasteiger partial charge in [0.1, 0.15) is 0 Å². The zero-order valence-corrected chi connectivity index (χ0v) is 11.0. The molecule has 0 fully saturated rings. The van der Waals surface area contributed by atoms with Gasteiger partial charge >= 0.3 is 18.2 Å². The topological polar surface area (TPSA) is 69.6 Å². The summed E-state index contributed by atoms with van der Waals surface area (Å²) < 4.78 is 37.2. The summed E-state index contributed by atoms with van der Waals surface area (Å²) in [6.07, 6.45) is -3.35. The highest BCUT2D eigenvalue weighted by molar-refractivity contribution is 5.75. The molecule has 2 amide bonds. The highest BCUT2D eigenvalue weighted by Crippen LogP contribution is 2.30. The van der Waals surface area contributed by atoms with E-state index in [1.165, 1.54) is 4.90 Å². The number of amides is 2. The van der Waals surface area contributed by atoms with Gasteiger partial charge in [0, 0.05) is 31.1 Å². The van der Waals surface area contributed by atoms with Gasteiger partial charge in [-0.25, -0.2) is 4.79 Å². The minimum atomic E-state index is -4.34. The maximum Gasteiger partial charge on any atom is 0.412 e. The summed E-state index contributed by atoms with van der Waals surface area (Å²) in [5.74, 6) is -0.957. The lowest BCUT2D eigenvalue weighted by molar-refractivity contribution is -0.137. The molecule has 114 valence electrons. The molecule has 0 saturated heterocycles. The van der Waals surface area contributed by atoms with E-state index in [0.29, 0.717) is 0 Å². The first-order chi connectivity index (χ1) is 9.20. The van der Waals surface area contributed by atoms with Crippen molar-refractivity contribution >= 4 is 12.0 Å². The van der Waals surface area contributed by atoms with Gasteiger partial charge in [-0.2, -0.15) is 13.2 Å². The molecule has 1 aliphatic heterocycles. The van der Waals surface area contributed by atoms with Crippen LogP contribution in [0.1, 0.15) is 26.2 Å². The summed E-state index contributed by atoms with van der Waals surface area (Å²) in [6, 6.07) is -0.813. The molecule has 1 rings (SSSR count). The molecule has 5 nitrogen and oxygen atoms in total. The molecule has 0 aliphatic carbocycles. The number of rotatable bonds is 4. The van der Waals surface area contributed by atoms with Crippen molar-refractivity contribution in [2.75, 3.05) is 13.1 Å². The number of carbonyl (C=O) groups is 2. The smallest absolute Gasteiger partial charge is 0.412 e. The second-order valence-electron chi connectivity index (χ2n) is 4.71. The van der Waals surface area contributed by atoms with Gasteiger partial charge in [0.15, 0.2) is 0 Å². The molecule has 0 aromatic heterocycles. The minimum absolute atomic E-state index is 0.00280. The van der Waals surface area contributed by atoms with Gasteiger partial charge in [-0.3, -0.25) is 4.79 Å². The van der Waals surface area contributed by atoms with E-state index in [1.54, 1.807) is 6.92 Å². The van der Waals surface area contributed by atoms with Crippen molar-refractivity contribution in [1.82, 2.24) is 10.2 Å². The lowest BCUT2D eigenvalue weighted by Crippen LogP contribution is -2.46. The van der Waals surface area contributed by atoms with Crippen molar-refractivity contribution < 1.29 is 27.9 Å². The molecule has 0 aromatic rings. The Balaban J connectivity index is 2.43. The van der Waals surface area contributed by atoms with E-state index < -0.39 is 23.7 Å². The largest absolute Gasteiger partial charge is 0.481 e. The van der Waals surface area contributed by atoms with Crippen molar-refractivity contribution in [3.05, 3.63) is 11.6 Å². The molecule has 2 N–H and O–H groups in total. The zero-order valence-electron chi connectivity index (χ0n) is 11.0. The highest BCUT2D eigenvalue weighted by atomic mass is 19.4. The second kappa shape index (κ2) is 6.62. The molecule has 8 heteroatoms. The molecule has 1 aliphatic rings. The average molecular weight is 294 g/mol. The van der Waals surface area contributed by atoms with Gasteiger partial charge in [-0.1, -0.05) is 6.08 Å². The van der Waals surface area contributed by atoms with Crippen molar-refractivity contribution in [2.45, 2.75) is 38.4 Å². The van der Waals surface area contributed by atoms with Crippen LogP contribution in [0.3, 0.4) is 0 Å². The third kappa shape index (κ3) is 5.10. The number of aliphatic carboxylic acids is 1. The van der Waals surface area contributed by atoms with Crippen molar-refractivity contribution in [3.8, 4) is 0 Å². The highest BCUT2D eigenvalue weighted by Gasteiger charge is 2.35. The molecule has 1 atom stereocenters. The summed E-state index contributed by atoms with van der Waals surface area (Å²) >= 11 is 0. The Hall–Kier alpha value is -1.73. The van der Waals surface area contributed by atoms with Gasteiger partial charge in [0.25, 0.3) is 0 Å². The van der Waals surface area contributed by atoms with E-state index in [2.05, 4.69) is 5.32 Å². The first kappa shape index (κ1) is 16.3. The van der Waals surface area contributed by atoms with Crippen LogP contribution in [0.15, 0.2) is 11.6 Å². The van der Waals surface area contributed by atoms with Crippen LogP contribution >= 0.6 is 0 Å². The molecule has 1 heterocycles. The monoisotopic (exact) mass is 294 g/mol. The van der Waals surface area contributed by atoms with E-state index in [1.807, 2.05) is 0 Å². The predicted octanol–water partition coefficient (Wildman–Crippen LogP) is 2.14. The Morgan fingerprint density at radius 1 is 1.50 bits per heavy atom. The number of nitrogens with one attached hydrogen (secondary N) is 1. The molecule has 0 radical (unpaired) electrons. The Morgan fingerprint density at radius 3 is 2.60 bits per heavy atom. The Kier molecular flexibility index (Phi) is 5.41. The average Bonchev–Trinajstić information content (AvgIpc) is 2.35. The maximum absolute atomic E-state index is 12.4. The molecule has 0 saturated carbocycles. The quantitative estimate of drug-likeness (QED) is 0.780. The Morgan fingerprint density at radius 2 is 2.15 bits per heavy atom. The lowest BCUT2D eigenvalue weighted by atomic mass is 10.1. The fourth-order valence-electron chi connectivity index (χ4n) is 1.83. The van der Waals surface area contributed by atoms with Crippen molar-refractivity contribution in [1.29, 1.82) is 0 Å². The molecule has 20 heavy (non-hydrogen) atoms. The number of nitrogens with zero attached hydrogens (tertiary/aromatic N) is 1. The zero-order chi connectivity index (χ0) is 15.3. The predicted molar refractivity (Wildman–Crippen MR) is 65.2 cm³/mol. The number of halogens is 3. The molecule has 0 aromatic carbocycles. The SMILES string of the molecule is CC(CCC(=O)O)NC(=O)N1CC=C(C(F)(F)F)CC1. The Labute approximate surface area is 114 Å². The standard InChI is InChI=1S/C12H17F3N2O3/c1-8(2-3-10(18)19)16-11(20)17-6-4-9(5-7-17)12(13,14)15/h4,8H,2-3,5-7H2,1H3,(H,16,20)(H,18,19). The van der Waals surface area contributed by atoms with E-state index in [4.69, 9.17) is 5.11 Å². The van der Waals surface area contributed by atoms with Gasteiger partial charge in [-0.05, 0) is 19.8 Å². The number of hydrogen-bond acceptors (Lipinski definition) is 2. The van der Waals surface area contributed by atoms with Crippen LogP contribution < -0.4 is 5.32 Å². The first-order valence-corrected chi connectivity index (χ1v) is 6.23. The fourth-order valence-corrected chi connectivity index (χ4v) is 1.83. The van der Waals surface area contributed by atoms with Gasteiger partial charge in [0.2, 0.25) is 0 Å². The lowest BCUT2D eigenvalue weighted by Gasteiger charge is -2.28. The number of carbonyl (C=O) groups excluding carboxylic acids is 1. The van der Waals surface area contributed by atoms with Crippen LogP contribution in [-0.2, 0) is 4.79 Å². The van der Waals surface area contributed by atoms with Crippen LogP contribution in [0, 0.1) is 0 Å². The summed E-state index contributed by atoms with van der Waals surface area (Å²) in [7, 11) is 0. The van der Waals surface area contributed by atoms with Crippen LogP contribution in [-0.4, -0.2) is 47.3 Å². The number of carboxylic acids is 1. The second-order valence-corrected chi connectivity index (χ2v) is 4.71. The van der Waals surface area contributed by atoms with E-state index in [-0.39, 0.29) is 38.4 Å². The number of urea groups is 1. The molecule has 0 spiro atoms. The molecular weight excluding hydrogens is 277 g/mol. The summed E-state index contributed by atoms with van der Waals surface area (Å²) in [4.78, 5) is 23.4. The van der Waals surface area contributed by atoms with Crippen LogP contribution in [0.4, 0.5) is 18.0 Å². The third-order valence-corrected chi connectivity index (χ3v) is 3.02. The maximum atomic E-state index is 12.4. The Bertz CT molecular complexity index is 407. The van der Waals surface area contributed by atoms with Crippen LogP contribution in [0.25, 0.3) is 0 Å².